The number of carbonyl (C=O) groups is 2. The summed E-state index contributed by atoms with van der Waals surface area (Å²) in [5, 5.41) is 15.7. The second kappa shape index (κ2) is 7.18. The summed E-state index contributed by atoms with van der Waals surface area (Å²) in [6.45, 7) is 0.566. The van der Waals surface area contributed by atoms with Gasteiger partial charge >= 0.3 is 5.97 Å². The van der Waals surface area contributed by atoms with Gasteiger partial charge in [0.2, 0.25) is 5.91 Å². The number of aromatic nitrogens is 3. The van der Waals surface area contributed by atoms with E-state index < -0.39 is 12.0 Å². The number of nitrogens with one attached hydrogen (secondary N) is 1. The highest BCUT2D eigenvalue weighted by Crippen LogP contribution is 2.13. The predicted octanol–water partition coefficient (Wildman–Crippen LogP) is 1.00. The molecule has 0 spiro atoms. The van der Waals surface area contributed by atoms with E-state index in [1.165, 1.54) is 6.33 Å². The lowest BCUT2D eigenvalue weighted by Gasteiger charge is -2.14. The number of rotatable bonds is 7. The zero-order valence-corrected chi connectivity index (χ0v) is 11.3. The van der Waals surface area contributed by atoms with Crippen molar-refractivity contribution < 1.29 is 14.7 Å². The van der Waals surface area contributed by atoms with Crippen molar-refractivity contribution in [3.05, 3.63) is 48.5 Å². The van der Waals surface area contributed by atoms with Gasteiger partial charge in [-0.05, 0) is 12.0 Å². The molecule has 0 radical (unpaired) electrons. The van der Waals surface area contributed by atoms with Crippen LogP contribution in [0.4, 0.5) is 0 Å². The van der Waals surface area contributed by atoms with Gasteiger partial charge < -0.3 is 10.4 Å². The minimum absolute atomic E-state index is 0.233. The maximum atomic E-state index is 11.8. The molecular formula is C14H16N4O3. The number of nitrogens with zero attached hydrogens (tertiary/aromatic N) is 3. The number of amides is 1. The van der Waals surface area contributed by atoms with Crippen molar-refractivity contribution in [3.8, 4) is 0 Å². The highest BCUT2D eigenvalue weighted by atomic mass is 16.4. The summed E-state index contributed by atoms with van der Waals surface area (Å²) in [4.78, 5) is 26.9. The summed E-state index contributed by atoms with van der Waals surface area (Å²) in [7, 11) is 0. The summed E-state index contributed by atoms with van der Waals surface area (Å²) >= 11 is 0. The highest BCUT2D eigenvalue weighted by Gasteiger charge is 2.21. The second-order valence-electron chi connectivity index (χ2n) is 4.51. The Labute approximate surface area is 121 Å². The molecule has 21 heavy (non-hydrogen) atoms. The van der Waals surface area contributed by atoms with Crippen LogP contribution in [0.25, 0.3) is 0 Å². The molecule has 1 atom stereocenters. The normalized spacial score (nSPS) is 11.8. The second-order valence-corrected chi connectivity index (χ2v) is 4.51. The van der Waals surface area contributed by atoms with E-state index >= 15 is 0 Å². The number of carboxylic acids is 1. The summed E-state index contributed by atoms with van der Waals surface area (Å²) in [6.07, 6.45) is 3.80. The van der Waals surface area contributed by atoms with Gasteiger partial charge in [-0.1, -0.05) is 30.3 Å². The molecular weight excluding hydrogens is 272 g/mol. The van der Waals surface area contributed by atoms with Gasteiger partial charge in [0.15, 0.2) is 6.04 Å². The van der Waals surface area contributed by atoms with Crippen LogP contribution in [0, 0.1) is 0 Å². The molecule has 1 heterocycles. The Morgan fingerprint density at radius 2 is 2.05 bits per heavy atom. The van der Waals surface area contributed by atoms with Gasteiger partial charge in [-0.15, -0.1) is 0 Å². The third-order valence-corrected chi connectivity index (χ3v) is 2.94. The molecule has 0 saturated carbocycles. The number of hydrogen-bond donors (Lipinski definition) is 2. The third-order valence-electron chi connectivity index (χ3n) is 2.94. The Balaban J connectivity index is 1.85. The van der Waals surface area contributed by atoms with E-state index in [2.05, 4.69) is 15.4 Å². The van der Waals surface area contributed by atoms with Gasteiger partial charge in [0.25, 0.3) is 0 Å². The fourth-order valence-corrected chi connectivity index (χ4v) is 1.92. The zero-order valence-electron chi connectivity index (χ0n) is 11.3. The molecule has 0 aliphatic rings. The molecule has 0 unspecified atom stereocenters. The van der Waals surface area contributed by atoms with Crippen molar-refractivity contribution in [2.45, 2.75) is 25.4 Å². The number of carboxylic acid groups (broad SMARTS) is 1. The Morgan fingerprint density at radius 1 is 1.29 bits per heavy atom. The summed E-state index contributed by atoms with van der Waals surface area (Å²) in [6, 6.07) is 7.60. The predicted molar refractivity (Wildman–Crippen MR) is 74.2 cm³/mol. The number of hydrogen-bond acceptors (Lipinski definition) is 4. The van der Waals surface area contributed by atoms with E-state index in [9.17, 15) is 14.7 Å². The largest absolute Gasteiger partial charge is 0.479 e. The van der Waals surface area contributed by atoms with Gasteiger partial charge in [0.1, 0.15) is 12.7 Å². The van der Waals surface area contributed by atoms with E-state index in [1.807, 2.05) is 0 Å². The number of carbonyl (C=O) groups excluding carboxylic acids is 1. The van der Waals surface area contributed by atoms with Crippen LogP contribution in [0.3, 0.4) is 0 Å². The molecule has 2 rings (SSSR count). The highest BCUT2D eigenvalue weighted by molar-refractivity contribution is 5.84. The zero-order chi connectivity index (χ0) is 15.1. The Kier molecular flexibility index (Phi) is 5.03. The third kappa shape index (κ3) is 4.41. The molecule has 2 aromatic rings. The number of aliphatic carboxylic acids is 1. The number of aryl methyl sites for hydroxylation is 1. The summed E-state index contributed by atoms with van der Waals surface area (Å²) in [5.74, 6) is -1.38. The van der Waals surface area contributed by atoms with Gasteiger partial charge in [-0.2, -0.15) is 5.10 Å². The van der Waals surface area contributed by atoms with Crippen molar-refractivity contribution >= 4 is 11.9 Å². The molecule has 0 saturated heterocycles. The maximum absolute atomic E-state index is 11.8. The minimum atomic E-state index is -1.08. The van der Waals surface area contributed by atoms with Crippen molar-refractivity contribution in [3.63, 3.8) is 0 Å². The molecule has 110 valence electrons. The van der Waals surface area contributed by atoms with Crippen LogP contribution in [0.15, 0.2) is 43.0 Å². The first kappa shape index (κ1) is 14.7. The van der Waals surface area contributed by atoms with Crippen LogP contribution in [0.5, 0.6) is 0 Å². The van der Waals surface area contributed by atoms with Crippen LogP contribution >= 0.6 is 0 Å². The standard InChI is InChI=1S/C14H16N4O3/c19-12(7-4-8-18-10-15-9-16-18)17-13(14(20)21)11-5-2-1-3-6-11/h1-3,5-6,9-10,13H,4,7-8H2,(H,17,19)(H,20,21)/t13-/m0/s1. The van der Waals surface area contributed by atoms with Crippen molar-refractivity contribution in [2.24, 2.45) is 0 Å². The van der Waals surface area contributed by atoms with Crippen molar-refractivity contribution in [2.75, 3.05) is 0 Å². The van der Waals surface area contributed by atoms with Gasteiger partial charge in [-0.3, -0.25) is 9.48 Å². The fraction of sp³-hybridized carbons (Fsp3) is 0.286. The molecule has 1 amide bonds. The van der Waals surface area contributed by atoms with Crippen molar-refractivity contribution in [1.29, 1.82) is 0 Å². The van der Waals surface area contributed by atoms with Crippen LogP contribution in [-0.4, -0.2) is 31.7 Å². The first-order chi connectivity index (χ1) is 10.2. The molecule has 1 aromatic heterocycles. The lowest BCUT2D eigenvalue weighted by atomic mass is 10.1. The fourth-order valence-electron chi connectivity index (χ4n) is 1.92. The smallest absolute Gasteiger partial charge is 0.330 e. The van der Waals surface area contributed by atoms with E-state index in [1.54, 1.807) is 41.3 Å². The minimum Gasteiger partial charge on any atom is -0.479 e. The average molecular weight is 288 g/mol. The lowest BCUT2D eigenvalue weighted by Crippen LogP contribution is -2.33. The molecule has 0 aliphatic heterocycles. The Hall–Kier alpha value is -2.70. The molecule has 0 bridgehead atoms. The van der Waals surface area contributed by atoms with Crippen LogP contribution in [0.1, 0.15) is 24.4 Å². The number of benzene rings is 1. The summed E-state index contributed by atoms with van der Waals surface area (Å²) < 4.78 is 1.62. The van der Waals surface area contributed by atoms with Crippen LogP contribution in [-0.2, 0) is 16.1 Å². The van der Waals surface area contributed by atoms with Crippen molar-refractivity contribution in [1.82, 2.24) is 20.1 Å². The molecule has 1 aromatic carbocycles. The first-order valence-corrected chi connectivity index (χ1v) is 6.56. The first-order valence-electron chi connectivity index (χ1n) is 6.56. The lowest BCUT2D eigenvalue weighted by molar-refractivity contribution is -0.142. The van der Waals surface area contributed by atoms with E-state index in [0.29, 0.717) is 18.5 Å². The average Bonchev–Trinajstić information content (AvgIpc) is 2.98. The van der Waals surface area contributed by atoms with Gasteiger partial charge in [0.05, 0.1) is 0 Å². The molecule has 0 fully saturated rings. The SMILES string of the molecule is O=C(CCCn1cncn1)N[C@H](C(=O)O)c1ccccc1. The Morgan fingerprint density at radius 3 is 2.67 bits per heavy atom. The Bertz CT molecular complexity index is 584. The molecule has 0 aliphatic carbocycles. The topological polar surface area (TPSA) is 97.1 Å². The van der Waals surface area contributed by atoms with Crippen LogP contribution < -0.4 is 5.32 Å². The van der Waals surface area contributed by atoms with Gasteiger partial charge in [-0.25, -0.2) is 9.78 Å². The molecule has 7 nitrogen and oxygen atoms in total. The van der Waals surface area contributed by atoms with Crippen LogP contribution in [0.2, 0.25) is 0 Å². The van der Waals surface area contributed by atoms with E-state index in [0.717, 1.165) is 0 Å². The van der Waals surface area contributed by atoms with Gasteiger partial charge in [0, 0.05) is 13.0 Å². The monoisotopic (exact) mass is 288 g/mol. The molecule has 2 N–H and O–H groups in total. The quantitative estimate of drug-likeness (QED) is 0.792. The van der Waals surface area contributed by atoms with E-state index in [-0.39, 0.29) is 12.3 Å². The molecule has 7 heteroatoms. The van der Waals surface area contributed by atoms with E-state index in [4.69, 9.17) is 0 Å². The maximum Gasteiger partial charge on any atom is 0.330 e. The summed E-state index contributed by atoms with van der Waals surface area (Å²) in [5.41, 5.74) is 0.551.